The number of aromatic nitrogens is 2. The zero-order chi connectivity index (χ0) is 9.14. The van der Waals surface area contributed by atoms with Gasteiger partial charge in [-0.15, -0.1) is 0 Å². The minimum absolute atomic E-state index is 0.0993. The fourth-order valence-electron chi connectivity index (χ4n) is 0.951. The van der Waals surface area contributed by atoms with E-state index in [1.54, 1.807) is 6.92 Å². The van der Waals surface area contributed by atoms with Gasteiger partial charge in [-0.2, -0.15) is 4.98 Å². The van der Waals surface area contributed by atoms with Crippen molar-refractivity contribution in [2.45, 2.75) is 19.9 Å². The van der Waals surface area contributed by atoms with Crippen molar-refractivity contribution >= 4 is 6.01 Å². The number of nitrogens with two attached hydrogens (primary N) is 1. The maximum Gasteiger partial charge on any atom is 0.323 e. The standard InChI is InChI=1S/C7H14N4O/c1-5(8)4-11(3)7-9-6(2)10-12-7/h5H,4,8H2,1-3H3. The van der Waals surface area contributed by atoms with Crippen molar-refractivity contribution in [2.75, 3.05) is 18.5 Å². The Kier molecular flexibility index (Phi) is 2.65. The van der Waals surface area contributed by atoms with Crippen molar-refractivity contribution in [2.24, 2.45) is 5.73 Å². The van der Waals surface area contributed by atoms with Gasteiger partial charge in [0.1, 0.15) is 0 Å². The highest BCUT2D eigenvalue weighted by molar-refractivity contribution is 5.22. The molecule has 12 heavy (non-hydrogen) atoms. The molecule has 5 heteroatoms. The smallest absolute Gasteiger partial charge is 0.323 e. The summed E-state index contributed by atoms with van der Waals surface area (Å²) in [5, 5.41) is 3.68. The molecule has 1 aromatic heterocycles. The van der Waals surface area contributed by atoms with Gasteiger partial charge in [0.05, 0.1) is 0 Å². The van der Waals surface area contributed by atoms with E-state index in [9.17, 15) is 0 Å². The zero-order valence-electron chi connectivity index (χ0n) is 7.61. The molecule has 0 bridgehead atoms. The molecule has 1 atom stereocenters. The highest BCUT2D eigenvalue weighted by Crippen LogP contribution is 2.07. The lowest BCUT2D eigenvalue weighted by atomic mass is 10.3. The van der Waals surface area contributed by atoms with Crippen molar-refractivity contribution in [1.29, 1.82) is 0 Å². The second-order valence-corrected chi connectivity index (χ2v) is 2.98. The van der Waals surface area contributed by atoms with Crippen LogP contribution in [0.3, 0.4) is 0 Å². The summed E-state index contributed by atoms with van der Waals surface area (Å²) in [6, 6.07) is 0.618. The first-order valence-electron chi connectivity index (χ1n) is 3.86. The fourth-order valence-corrected chi connectivity index (χ4v) is 0.951. The predicted molar refractivity (Wildman–Crippen MR) is 46.0 cm³/mol. The Morgan fingerprint density at radius 1 is 1.67 bits per heavy atom. The van der Waals surface area contributed by atoms with E-state index in [4.69, 9.17) is 10.3 Å². The first kappa shape index (κ1) is 8.99. The SMILES string of the molecule is Cc1noc(N(C)CC(C)N)n1. The zero-order valence-corrected chi connectivity index (χ0v) is 7.61. The molecule has 0 saturated carbocycles. The second-order valence-electron chi connectivity index (χ2n) is 2.98. The van der Waals surface area contributed by atoms with Gasteiger partial charge in [-0.25, -0.2) is 0 Å². The van der Waals surface area contributed by atoms with Crippen molar-refractivity contribution in [1.82, 2.24) is 10.1 Å². The number of hydrogen-bond donors (Lipinski definition) is 1. The van der Waals surface area contributed by atoms with Crippen molar-refractivity contribution in [3.63, 3.8) is 0 Å². The van der Waals surface area contributed by atoms with E-state index in [1.165, 1.54) is 0 Å². The van der Waals surface area contributed by atoms with Crippen molar-refractivity contribution in [3.8, 4) is 0 Å². The monoisotopic (exact) mass is 170 g/mol. The average molecular weight is 170 g/mol. The quantitative estimate of drug-likeness (QED) is 0.700. The number of hydrogen-bond acceptors (Lipinski definition) is 5. The van der Waals surface area contributed by atoms with E-state index < -0.39 is 0 Å². The molecule has 0 spiro atoms. The fraction of sp³-hybridized carbons (Fsp3) is 0.714. The van der Waals surface area contributed by atoms with E-state index in [-0.39, 0.29) is 6.04 Å². The first-order valence-corrected chi connectivity index (χ1v) is 3.86. The van der Waals surface area contributed by atoms with Gasteiger partial charge >= 0.3 is 6.01 Å². The van der Waals surface area contributed by atoms with Crippen LogP contribution in [0.15, 0.2) is 4.52 Å². The van der Waals surface area contributed by atoms with Crippen LogP contribution in [0.2, 0.25) is 0 Å². The topological polar surface area (TPSA) is 68.2 Å². The molecule has 0 aliphatic rings. The minimum atomic E-state index is 0.0993. The van der Waals surface area contributed by atoms with Crippen LogP contribution in [0.25, 0.3) is 0 Å². The third kappa shape index (κ3) is 2.20. The molecule has 0 fully saturated rings. The predicted octanol–water partition coefficient (Wildman–Crippen LogP) is 0.161. The molecule has 0 aliphatic carbocycles. The molecule has 0 amide bonds. The Labute approximate surface area is 71.5 Å². The van der Waals surface area contributed by atoms with Crippen LogP contribution in [0, 0.1) is 6.92 Å². The Hall–Kier alpha value is -1.10. The van der Waals surface area contributed by atoms with Gasteiger partial charge in [0, 0.05) is 19.6 Å². The lowest BCUT2D eigenvalue weighted by Crippen LogP contribution is -2.32. The van der Waals surface area contributed by atoms with Crippen LogP contribution in [0.5, 0.6) is 0 Å². The van der Waals surface area contributed by atoms with Gasteiger partial charge in [-0.1, -0.05) is 5.16 Å². The Morgan fingerprint density at radius 2 is 2.33 bits per heavy atom. The molecule has 5 nitrogen and oxygen atoms in total. The lowest BCUT2D eigenvalue weighted by Gasteiger charge is -2.15. The number of nitrogens with zero attached hydrogens (tertiary/aromatic N) is 3. The first-order chi connectivity index (χ1) is 5.59. The molecule has 0 aliphatic heterocycles. The molecule has 68 valence electrons. The summed E-state index contributed by atoms with van der Waals surface area (Å²) in [6.45, 7) is 4.42. The maximum atomic E-state index is 5.61. The summed E-state index contributed by atoms with van der Waals surface area (Å²) < 4.78 is 4.94. The van der Waals surface area contributed by atoms with Crippen molar-refractivity contribution in [3.05, 3.63) is 5.82 Å². The van der Waals surface area contributed by atoms with Crippen LogP contribution in [-0.2, 0) is 0 Å². The number of aryl methyl sites for hydroxylation is 1. The number of anilines is 1. The van der Waals surface area contributed by atoms with E-state index >= 15 is 0 Å². The van der Waals surface area contributed by atoms with Crippen LogP contribution in [-0.4, -0.2) is 29.8 Å². The van der Waals surface area contributed by atoms with E-state index in [0.29, 0.717) is 18.4 Å². The van der Waals surface area contributed by atoms with Gasteiger partial charge in [-0.05, 0) is 13.8 Å². The third-order valence-corrected chi connectivity index (χ3v) is 1.41. The van der Waals surface area contributed by atoms with Crippen LogP contribution in [0.1, 0.15) is 12.7 Å². The Bertz CT molecular complexity index is 245. The summed E-state index contributed by atoms with van der Waals surface area (Å²) >= 11 is 0. The van der Waals surface area contributed by atoms with Crippen molar-refractivity contribution < 1.29 is 4.52 Å². The Balaban J connectivity index is 2.58. The Morgan fingerprint density at radius 3 is 2.75 bits per heavy atom. The highest BCUT2D eigenvalue weighted by Gasteiger charge is 2.09. The van der Waals surface area contributed by atoms with Crippen LogP contribution >= 0.6 is 0 Å². The number of rotatable bonds is 3. The molecule has 0 radical (unpaired) electrons. The maximum absolute atomic E-state index is 5.61. The summed E-state index contributed by atoms with van der Waals surface area (Å²) in [5.41, 5.74) is 5.61. The van der Waals surface area contributed by atoms with Crippen LogP contribution in [0.4, 0.5) is 6.01 Å². The second kappa shape index (κ2) is 3.53. The van der Waals surface area contributed by atoms with Gasteiger partial charge in [-0.3, -0.25) is 0 Å². The normalized spacial score (nSPS) is 13.0. The molecule has 0 aromatic carbocycles. The van der Waals surface area contributed by atoms with Gasteiger partial charge in [0.25, 0.3) is 0 Å². The number of likely N-dealkylation sites (N-methyl/N-ethyl adjacent to an activating group) is 1. The summed E-state index contributed by atoms with van der Waals surface area (Å²) in [4.78, 5) is 5.89. The van der Waals surface area contributed by atoms with Crippen LogP contribution < -0.4 is 10.6 Å². The third-order valence-electron chi connectivity index (χ3n) is 1.41. The molecule has 0 saturated heterocycles. The summed E-state index contributed by atoms with van der Waals surface area (Å²) in [5.74, 6) is 0.640. The minimum Gasteiger partial charge on any atom is -0.326 e. The molecule has 1 aromatic rings. The average Bonchev–Trinajstić information content (AvgIpc) is 2.34. The van der Waals surface area contributed by atoms with E-state index in [1.807, 2.05) is 18.9 Å². The summed E-state index contributed by atoms with van der Waals surface area (Å²) in [7, 11) is 1.87. The van der Waals surface area contributed by atoms with E-state index in [2.05, 4.69) is 10.1 Å². The molecule has 1 unspecified atom stereocenters. The molecule has 1 heterocycles. The molecular formula is C7H14N4O. The van der Waals surface area contributed by atoms with Gasteiger partial charge < -0.3 is 15.2 Å². The lowest BCUT2D eigenvalue weighted by molar-refractivity contribution is 0.411. The summed E-state index contributed by atoms with van der Waals surface area (Å²) in [6.07, 6.45) is 0. The largest absolute Gasteiger partial charge is 0.326 e. The van der Waals surface area contributed by atoms with Gasteiger partial charge in [0.2, 0.25) is 0 Å². The van der Waals surface area contributed by atoms with E-state index in [0.717, 1.165) is 0 Å². The molecular weight excluding hydrogens is 156 g/mol. The van der Waals surface area contributed by atoms with Gasteiger partial charge in [0.15, 0.2) is 5.82 Å². The highest BCUT2D eigenvalue weighted by atomic mass is 16.5. The molecule has 1 rings (SSSR count). The molecule has 2 N–H and O–H groups in total.